The van der Waals surface area contributed by atoms with E-state index >= 15 is 0 Å². The van der Waals surface area contributed by atoms with Crippen molar-refractivity contribution in [1.82, 2.24) is 0 Å². The molecule has 2 radical (unpaired) electrons. The maximum atomic E-state index is 10.1. The Bertz CT molecular complexity index is 52.0. The molecule has 0 aromatic heterocycles. The van der Waals surface area contributed by atoms with Gasteiger partial charge in [0, 0.05) is 0 Å². The van der Waals surface area contributed by atoms with Crippen LogP contribution in [0.2, 0.25) is 0 Å². The molecule has 0 heterocycles. The number of hydrogen-bond acceptors (Lipinski definition) is 0. The summed E-state index contributed by atoms with van der Waals surface area (Å²) in [5.74, 6) is 0. The van der Waals surface area contributed by atoms with E-state index in [0.29, 0.717) is 6.42 Å². The van der Waals surface area contributed by atoms with E-state index in [0.717, 1.165) is 0 Å². The lowest BCUT2D eigenvalue weighted by Crippen LogP contribution is -2.06. The summed E-state index contributed by atoms with van der Waals surface area (Å²) in [7, 11) is 0. The van der Waals surface area contributed by atoms with Crippen LogP contribution < -0.4 is 0 Å². The van der Waals surface area contributed by atoms with Gasteiger partial charge < -0.3 is 0 Å². The van der Waals surface area contributed by atoms with Crippen molar-refractivity contribution >= 4 is 0 Å². The predicted octanol–water partition coefficient (Wildman–Crippen LogP) is 0.792. The molecule has 0 saturated carbocycles. The second-order valence-electron chi connectivity index (χ2n) is 1.31. The van der Waals surface area contributed by atoms with Gasteiger partial charge in [-0.15, -0.1) is 6.58 Å². The van der Waals surface area contributed by atoms with Crippen molar-refractivity contribution in [2.75, 3.05) is 6.61 Å². The van der Waals surface area contributed by atoms with E-state index in [1.165, 1.54) is 6.08 Å². The molecule has 0 spiro atoms. The molecule has 40 valence electrons. The van der Waals surface area contributed by atoms with Crippen molar-refractivity contribution in [2.45, 2.75) is 12.5 Å². The Kier molecular flexibility index (Phi) is 3.65. The summed E-state index contributed by atoms with van der Waals surface area (Å²) in [6.45, 7) is 2.77. The zero-order chi connectivity index (χ0) is 5.70. The second kappa shape index (κ2) is 3.84. The van der Waals surface area contributed by atoms with E-state index in [1.54, 1.807) is 0 Å². The van der Waals surface area contributed by atoms with E-state index in [-0.39, 0.29) is 0 Å². The SMILES string of the molecule is C=CC[C@H]([O])C[O]. The standard InChI is InChI=1S/C5H8O2/c1-2-3-5(7)4-6/h2,5H,1,3-4H2/t5-/m0/s1. The third-order valence-corrected chi connectivity index (χ3v) is 0.615. The lowest BCUT2D eigenvalue weighted by atomic mass is 10.3. The van der Waals surface area contributed by atoms with Crippen molar-refractivity contribution < 1.29 is 10.2 Å². The Hall–Kier alpha value is -0.340. The van der Waals surface area contributed by atoms with Crippen LogP contribution in [0.4, 0.5) is 0 Å². The van der Waals surface area contributed by atoms with Crippen LogP contribution in [0.5, 0.6) is 0 Å². The van der Waals surface area contributed by atoms with Gasteiger partial charge in [-0.3, -0.25) is 0 Å². The molecule has 0 aliphatic heterocycles. The van der Waals surface area contributed by atoms with Gasteiger partial charge in [0.1, 0.15) is 12.7 Å². The van der Waals surface area contributed by atoms with Gasteiger partial charge in [-0.2, -0.15) is 0 Å². The smallest absolute Gasteiger partial charge is 0.123 e. The van der Waals surface area contributed by atoms with Gasteiger partial charge in [0.15, 0.2) is 0 Å². The topological polar surface area (TPSA) is 39.8 Å². The van der Waals surface area contributed by atoms with Crippen LogP contribution in [0.3, 0.4) is 0 Å². The molecule has 0 aliphatic carbocycles. The van der Waals surface area contributed by atoms with Gasteiger partial charge in [0.25, 0.3) is 0 Å². The molecule has 0 N–H and O–H groups in total. The van der Waals surface area contributed by atoms with Gasteiger partial charge in [-0.1, -0.05) is 6.08 Å². The van der Waals surface area contributed by atoms with E-state index in [9.17, 15) is 10.2 Å². The average Bonchev–Trinajstić information content (AvgIpc) is 1.68. The molecule has 0 aromatic carbocycles. The van der Waals surface area contributed by atoms with E-state index < -0.39 is 12.7 Å². The Morgan fingerprint density at radius 2 is 2.29 bits per heavy atom. The molecule has 7 heavy (non-hydrogen) atoms. The fourth-order valence-corrected chi connectivity index (χ4v) is 0.254. The highest BCUT2D eigenvalue weighted by atomic mass is 16.3. The van der Waals surface area contributed by atoms with Crippen LogP contribution in [-0.2, 0) is 10.2 Å². The van der Waals surface area contributed by atoms with E-state index in [4.69, 9.17) is 0 Å². The van der Waals surface area contributed by atoms with Crippen molar-refractivity contribution in [1.29, 1.82) is 0 Å². The Morgan fingerprint density at radius 1 is 1.71 bits per heavy atom. The van der Waals surface area contributed by atoms with Crippen molar-refractivity contribution in [3.8, 4) is 0 Å². The molecule has 0 aromatic rings. The lowest BCUT2D eigenvalue weighted by molar-refractivity contribution is 0.00980. The molecule has 0 saturated heterocycles. The fourth-order valence-electron chi connectivity index (χ4n) is 0.254. The summed E-state index contributed by atoms with van der Waals surface area (Å²) in [5, 5.41) is 19.8. The Balaban J connectivity index is 2.98. The summed E-state index contributed by atoms with van der Waals surface area (Å²) >= 11 is 0. The summed E-state index contributed by atoms with van der Waals surface area (Å²) in [4.78, 5) is 0. The van der Waals surface area contributed by atoms with Crippen LogP contribution in [0.1, 0.15) is 6.42 Å². The van der Waals surface area contributed by atoms with Crippen LogP contribution in [0.15, 0.2) is 12.7 Å². The highest BCUT2D eigenvalue weighted by Crippen LogP contribution is 1.89. The molecule has 0 bridgehead atoms. The predicted molar refractivity (Wildman–Crippen MR) is 24.8 cm³/mol. The molecule has 0 rings (SSSR count). The first kappa shape index (κ1) is 6.66. The van der Waals surface area contributed by atoms with E-state index in [1.807, 2.05) is 0 Å². The van der Waals surface area contributed by atoms with Crippen molar-refractivity contribution in [3.05, 3.63) is 12.7 Å². The van der Waals surface area contributed by atoms with Gasteiger partial charge in [0.05, 0.1) is 0 Å². The first-order chi connectivity index (χ1) is 3.31. The number of hydrogen-bond donors (Lipinski definition) is 0. The monoisotopic (exact) mass is 100 g/mol. The third kappa shape index (κ3) is 3.49. The molecular weight excluding hydrogens is 92.1 g/mol. The molecule has 0 aliphatic rings. The highest BCUT2D eigenvalue weighted by Gasteiger charge is 1.98. The van der Waals surface area contributed by atoms with Gasteiger partial charge in [-0.05, 0) is 6.42 Å². The maximum Gasteiger partial charge on any atom is 0.123 e. The van der Waals surface area contributed by atoms with Crippen LogP contribution in [0, 0.1) is 0 Å². The minimum Gasteiger partial charge on any atom is -0.234 e. The zero-order valence-electron chi connectivity index (χ0n) is 4.09. The van der Waals surface area contributed by atoms with Crippen LogP contribution in [0.25, 0.3) is 0 Å². The Labute approximate surface area is 43.1 Å². The third-order valence-electron chi connectivity index (χ3n) is 0.615. The van der Waals surface area contributed by atoms with Crippen molar-refractivity contribution in [2.24, 2.45) is 0 Å². The molecule has 0 fully saturated rings. The lowest BCUT2D eigenvalue weighted by Gasteiger charge is -1.93. The van der Waals surface area contributed by atoms with Gasteiger partial charge >= 0.3 is 0 Å². The average molecular weight is 100 g/mol. The van der Waals surface area contributed by atoms with Gasteiger partial charge in [-0.25, -0.2) is 10.2 Å². The van der Waals surface area contributed by atoms with E-state index in [2.05, 4.69) is 6.58 Å². The normalized spacial score (nSPS) is 13.4. The first-order valence-corrected chi connectivity index (χ1v) is 2.16. The molecular formula is C5H8O2. The zero-order valence-corrected chi connectivity index (χ0v) is 4.09. The first-order valence-electron chi connectivity index (χ1n) is 2.16. The highest BCUT2D eigenvalue weighted by molar-refractivity contribution is 4.70. The summed E-state index contributed by atoms with van der Waals surface area (Å²) in [5.41, 5.74) is 0. The van der Waals surface area contributed by atoms with Gasteiger partial charge in [0.2, 0.25) is 0 Å². The minimum atomic E-state index is -0.975. The second-order valence-corrected chi connectivity index (χ2v) is 1.31. The molecule has 2 heteroatoms. The maximum absolute atomic E-state index is 10.1. The quantitative estimate of drug-likeness (QED) is 0.470. The van der Waals surface area contributed by atoms with Crippen molar-refractivity contribution in [3.63, 3.8) is 0 Å². The summed E-state index contributed by atoms with van der Waals surface area (Å²) in [6.07, 6.45) is 0.788. The molecule has 0 amide bonds. The summed E-state index contributed by atoms with van der Waals surface area (Å²) < 4.78 is 0. The van der Waals surface area contributed by atoms with Crippen LogP contribution >= 0.6 is 0 Å². The van der Waals surface area contributed by atoms with Crippen LogP contribution in [-0.4, -0.2) is 12.7 Å². The fraction of sp³-hybridized carbons (Fsp3) is 0.600. The molecule has 1 atom stereocenters. The summed E-state index contributed by atoms with van der Waals surface area (Å²) in [6, 6.07) is 0. The minimum absolute atomic E-state index is 0.295. The largest absolute Gasteiger partial charge is 0.234 e. The Morgan fingerprint density at radius 3 is 2.43 bits per heavy atom. The molecule has 2 nitrogen and oxygen atoms in total. The number of rotatable bonds is 3. The molecule has 0 unspecified atom stereocenters.